The van der Waals surface area contributed by atoms with Crippen molar-refractivity contribution >= 4 is 11.8 Å². The molecular formula is C8H17N5OS. The summed E-state index contributed by atoms with van der Waals surface area (Å²) in [6.45, 7) is 2.74. The van der Waals surface area contributed by atoms with Crippen LogP contribution in [0.2, 0.25) is 0 Å². The largest absolute Gasteiger partial charge is 0.343 e. The molecule has 3 rings (SSSR count). The van der Waals surface area contributed by atoms with Crippen molar-refractivity contribution in [1.82, 2.24) is 27.0 Å². The van der Waals surface area contributed by atoms with E-state index in [0.717, 1.165) is 19.0 Å². The summed E-state index contributed by atoms with van der Waals surface area (Å²) >= 11 is 1.89. The fraction of sp³-hybridized carbons (Fsp3) is 1.00. The Morgan fingerprint density at radius 3 is 2.93 bits per heavy atom. The predicted octanol–water partition coefficient (Wildman–Crippen LogP) is -1.50. The third-order valence-electron chi connectivity index (χ3n) is 3.28. The van der Waals surface area contributed by atoms with E-state index in [1.54, 1.807) is 0 Å². The standard InChI is InChI=1S/C8H17N5OS/c1-2-9-3-6(1)8(13-11-5-15-8)7-12-10-4-14-7/h6-7,9-13H,1-5H2. The van der Waals surface area contributed by atoms with Gasteiger partial charge in [0.05, 0.1) is 5.88 Å². The fourth-order valence-corrected chi connectivity index (χ4v) is 3.74. The Morgan fingerprint density at radius 1 is 1.33 bits per heavy atom. The van der Waals surface area contributed by atoms with Crippen LogP contribution in [-0.4, -0.2) is 36.8 Å². The monoisotopic (exact) mass is 231 g/mol. The maximum atomic E-state index is 5.68. The van der Waals surface area contributed by atoms with Crippen LogP contribution in [0.3, 0.4) is 0 Å². The van der Waals surface area contributed by atoms with Gasteiger partial charge >= 0.3 is 0 Å². The maximum absolute atomic E-state index is 5.68. The number of hydrogen-bond acceptors (Lipinski definition) is 7. The minimum atomic E-state index is -0.0486. The van der Waals surface area contributed by atoms with Gasteiger partial charge in [-0.15, -0.1) is 11.8 Å². The highest BCUT2D eigenvalue weighted by atomic mass is 32.2. The number of rotatable bonds is 2. The number of hydrogen-bond donors (Lipinski definition) is 5. The second-order valence-electron chi connectivity index (χ2n) is 4.09. The molecule has 0 aromatic rings. The molecule has 0 saturated carbocycles. The van der Waals surface area contributed by atoms with Crippen molar-refractivity contribution in [3.05, 3.63) is 0 Å². The molecule has 3 heterocycles. The average Bonchev–Trinajstić information content (AvgIpc) is 3.02. The van der Waals surface area contributed by atoms with Crippen LogP contribution < -0.4 is 27.0 Å². The Labute approximate surface area is 93.2 Å². The molecule has 3 atom stereocenters. The van der Waals surface area contributed by atoms with Crippen LogP contribution in [0.4, 0.5) is 0 Å². The molecule has 0 amide bonds. The topological polar surface area (TPSA) is 69.4 Å². The molecule has 0 aliphatic carbocycles. The lowest BCUT2D eigenvalue weighted by Gasteiger charge is -2.37. The molecule has 86 valence electrons. The molecular weight excluding hydrogens is 214 g/mol. The Bertz CT molecular complexity index is 205. The Balaban J connectivity index is 1.80. The Morgan fingerprint density at radius 2 is 2.33 bits per heavy atom. The predicted molar refractivity (Wildman–Crippen MR) is 58.4 cm³/mol. The number of nitrogens with one attached hydrogen (secondary N) is 5. The molecule has 3 aliphatic rings. The van der Waals surface area contributed by atoms with Gasteiger partial charge in [0.1, 0.15) is 11.6 Å². The summed E-state index contributed by atoms with van der Waals surface area (Å²) in [5.41, 5.74) is 12.8. The SMILES string of the molecule is C1CC(C2(C3NNCO3)NNCS2)CN1. The van der Waals surface area contributed by atoms with Gasteiger partial charge in [0.15, 0.2) is 6.23 Å². The van der Waals surface area contributed by atoms with E-state index >= 15 is 0 Å². The van der Waals surface area contributed by atoms with Gasteiger partial charge in [-0.2, -0.15) is 0 Å². The molecule has 3 unspecified atom stereocenters. The van der Waals surface area contributed by atoms with Crippen molar-refractivity contribution in [3.8, 4) is 0 Å². The molecule has 3 aliphatic heterocycles. The number of thioether (sulfide) groups is 1. The van der Waals surface area contributed by atoms with Crippen LogP contribution in [0.15, 0.2) is 0 Å². The lowest BCUT2D eigenvalue weighted by atomic mass is 9.97. The third-order valence-corrected chi connectivity index (χ3v) is 4.69. The molecule has 0 aromatic carbocycles. The smallest absolute Gasteiger partial charge is 0.151 e. The zero-order valence-electron chi connectivity index (χ0n) is 8.51. The first-order valence-corrected chi connectivity index (χ1v) is 6.35. The van der Waals surface area contributed by atoms with E-state index in [0.29, 0.717) is 12.6 Å². The summed E-state index contributed by atoms with van der Waals surface area (Å²) in [6.07, 6.45) is 1.23. The lowest BCUT2D eigenvalue weighted by Crippen LogP contribution is -2.61. The summed E-state index contributed by atoms with van der Waals surface area (Å²) in [6, 6.07) is 0. The fourth-order valence-electron chi connectivity index (χ4n) is 2.49. The van der Waals surface area contributed by atoms with Gasteiger partial charge in [0, 0.05) is 12.5 Å². The minimum absolute atomic E-state index is 0.0300. The first kappa shape index (κ1) is 10.3. The highest BCUT2D eigenvalue weighted by Crippen LogP contribution is 2.39. The third kappa shape index (κ3) is 1.68. The van der Waals surface area contributed by atoms with E-state index < -0.39 is 0 Å². The average molecular weight is 231 g/mol. The van der Waals surface area contributed by atoms with Crippen molar-refractivity contribution in [1.29, 1.82) is 0 Å². The first-order valence-electron chi connectivity index (χ1n) is 5.36. The quantitative estimate of drug-likeness (QED) is 0.396. The lowest BCUT2D eigenvalue weighted by molar-refractivity contribution is 0.0335. The van der Waals surface area contributed by atoms with E-state index in [9.17, 15) is 0 Å². The molecule has 0 radical (unpaired) electrons. The minimum Gasteiger partial charge on any atom is -0.343 e. The van der Waals surface area contributed by atoms with Crippen LogP contribution in [0.1, 0.15) is 6.42 Å². The summed E-state index contributed by atoms with van der Waals surface area (Å²) in [7, 11) is 0. The van der Waals surface area contributed by atoms with Gasteiger partial charge in [-0.3, -0.25) is 0 Å². The highest BCUT2D eigenvalue weighted by Gasteiger charge is 2.51. The van der Waals surface area contributed by atoms with Gasteiger partial charge in [0.25, 0.3) is 0 Å². The summed E-state index contributed by atoms with van der Waals surface area (Å²) in [4.78, 5) is -0.0486. The summed E-state index contributed by atoms with van der Waals surface area (Å²) in [5.74, 6) is 1.52. The van der Waals surface area contributed by atoms with E-state index in [4.69, 9.17) is 4.74 Å². The summed E-state index contributed by atoms with van der Waals surface area (Å²) < 4.78 is 5.68. The van der Waals surface area contributed by atoms with Crippen LogP contribution in [-0.2, 0) is 4.74 Å². The molecule has 3 fully saturated rings. The molecule has 0 spiro atoms. The van der Waals surface area contributed by atoms with Crippen molar-refractivity contribution in [2.75, 3.05) is 25.7 Å². The maximum Gasteiger partial charge on any atom is 0.151 e. The van der Waals surface area contributed by atoms with Crippen molar-refractivity contribution in [3.63, 3.8) is 0 Å². The zero-order valence-corrected chi connectivity index (χ0v) is 9.32. The Hall–Kier alpha value is 0.110. The molecule has 0 bridgehead atoms. The summed E-state index contributed by atoms with van der Waals surface area (Å²) in [5, 5.41) is 3.41. The molecule has 7 heteroatoms. The number of ether oxygens (including phenoxy) is 1. The van der Waals surface area contributed by atoms with Crippen LogP contribution >= 0.6 is 11.8 Å². The van der Waals surface area contributed by atoms with Crippen molar-refractivity contribution in [2.24, 2.45) is 5.92 Å². The van der Waals surface area contributed by atoms with Gasteiger partial charge in [-0.25, -0.2) is 21.7 Å². The van der Waals surface area contributed by atoms with Gasteiger partial charge in [0.2, 0.25) is 0 Å². The van der Waals surface area contributed by atoms with E-state index in [1.165, 1.54) is 6.42 Å². The van der Waals surface area contributed by atoms with Crippen LogP contribution in [0.25, 0.3) is 0 Å². The van der Waals surface area contributed by atoms with E-state index in [1.807, 2.05) is 11.8 Å². The first-order chi connectivity index (χ1) is 7.42. The molecule has 0 aromatic heterocycles. The zero-order chi connectivity index (χ0) is 10.1. The normalized spacial score (nSPS) is 46.4. The molecule has 15 heavy (non-hydrogen) atoms. The van der Waals surface area contributed by atoms with Gasteiger partial charge in [-0.1, -0.05) is 0 Å². The highest BCUT2D eigenvalue weighted by molar-refractivity contribution is 8.00. The second kappa shape index (κ2) is 4.17. The van der Waals surface area contributed by atoms with Gasteiger partial charge in [-0.05, 0) is 13.0 Å². The number of hydrazine groups is 2. The molecule has 3 saturated heterocycles. The van der Waals surface area contributed by atoms with E-state index in [-0.39, 0.29) is 11.1 Å². The second-order valence-corrected chi connectivity index (χ2v) is 5.34. The van der Waals surface area contributed by atoms with Crippen LogP contribution in [0.5, 0.6) is 0 Å². The van der Waals surface area contributed by atoms with Gasteiger partial charge < -0.3 is 10.1 Å². The Kier molecular flexibility index (Phi) is 2.86. The van der Waals surface area contributed by atoms with Crippen molar-refractivity contribution < 1.29 is 4.74 Å². The molecule has 6 nitrogen and oxygen atoms in total. The van der Waals surface area contributed by atoms with Crippen molar-refractivity contribution in [2.45, 2.75) is 17.5 Å². The molecule has 5 N–H and O–H groups in total. The van der Waals surface area contributed by atoms with Crippen LogP contribution in [0, 0.1) is 5.92 Å². The van der Waals surface area contributed by atoms with E-state index in [2.05, 4.69) is 27.0 Å².